The molecule has 0 bridgehead atoms. The molecule has 4 rings (SSSR count). The molecule has 0 spiro atoms. The van der Waals surface area contributed by atoms with Crippen molar-refractivity contribution in [3.63, 3.8) is 0 Å². The van der Waals surface area contributed by atoms with Gasteiger partial charge < -0.3 is 24.8 Å². The fraction of sp³-hybridized carbons (Fsp3) is 0.115. The van der Waals surface area contributed by atoms with E-state index in [4.69, 9.17) is 14.2 Å². The number of hydrogen-bond acceptors (Lipinski definition) is 10. The Morgan fingerprint density at radius 2 is 1.06 bits per heavy atom. The molecule has 0 saturated carbocycles. The van der Waals surface area contributed by atoms with E-state index in [9.17, 15) is 9.59 Å². The normalized spacial score (nSPS) is 10.3. The summed E-state index contributed by atoms with van der Waals surface area (Å²) in [4.78, 5) is 37.0. The number of carbonyl (C=O) groups is 2. The SMILES string of the molecule is COC(=O)c1ccc(Nc2nc(Nc3ccc(C(=O)OC)cc3)nc(-c3ccc(OC)cc3)n2)cc1. The minimum atomic E-state index is -0.423. The Labute approximate surface area is 207 Å². The first kappa shape index (κ1) is 24.1. The first-order valence-corrected chi connectivity index (χ1v) is 10.8. The van der Waals surface area contributed by atoms with Gasteiger partial charge in [-0.15, -0.1) is 0 Å². The summed E-state index contributed by atoms with van der Waals surface area (Å²) < 4.78 is 14.7. The lowest BCUT2D eigenvalue weighted by Crippen LogP contribution is -2.06. The summed E-state index contributed by atoms with van der Waals surface area (Å²) in [7, 11) is 4.26. The van der Waals surface area contributed by atoms with E-state index in [1.807, 2.05) is 24.3 Å². The highest BCUT2D eigenvalue weighted by molar-refractivity contribution is 5.90. The van der Waals surface area contributed by atoms with E-state index in [0.29, 0.717) is 34.1 Å². The fourth-order valence-electron chi connectivity index (χ4n) is 3.23. The smallest absolute Gasteiger partial charge is 0.337 e. The number of nitrogens with zero attached hydrogens (tertiary/aromatic N) is 3. The average molecular weight is 486 g/mol. The van der Waals surface area contributed by atoms with Gasteiger partial charge in [-0.1, -0.05) is 0 Å². The quantitative estimate of drug-likeness (QED) is 0.342. The maximum atomic E-state index is 11.7. The minimum absolute atomic E-state index is 0.287. The molecule has 36 heavy (non-hydrogen) atoms. The van der Waals surface area contributed by atoms with Crippen molar-refractivity contribution in [2.75, 3.05) is 32.0 Å². The van der Waals surface area contributed by atoms with Crippen LogP contribution < -0.4 is 15.4 Å². The van der Waals surface area contributed by atoms with Crippen LogP contribution in [0.5, 0.6) is 5.75 Å². The Bertz CT molecular complexity index is 1280. The third-order valence-corrected chi connectivity index (χ3v) is 5.11. The number of anilines is 4. The van der Waals surface area contributed by atoms with Gasteiger partial charge in [-0.3, -0.25) is 0 Å². The lowest BCUT2D eigenvalue weighted by molar-refractivity contribution is 0.0592. The van der Waals surface area contributed by atoms with E-state index < -0.39 is 11.9 Å². The van der Waals surface area contributed by atoms with E-state index in [1.54, 1.807) is 55.6 Å². The number of rotatable bonds is 8. The second-order valence-corrected chi connectivity index (χ2v) is 7.42. The number of esters is 2. The zero-order chi connectivity index (χ0) is 25.5. The highest BCUT2D eigenvalue weighted by atomic mass is 16.5. The van der Waals surface area contributed by atoms with Gasteiger partial charge in [-0.25, -0.2) is 9.59 Å². The number of aromatic nitrogens is 3. The highest BCUT2D eigenvalue weighted by Gasteiger charge is 2.12. The number of carbonyl (C=O) groups excluding carboxylic acids is 2. The molecule has 10 heteroatoms. The lowest BCUT2D eigenvalue weighted by atomic mass is 10.2. The van der Waals surface area contributed by atoms with E-state index in [2.05, 4.69) is 25.6 Å². The molecule has 0 radical (unpaired) electrons. The van der Waals surface area contributed by atoms with Gasteiger partial charge in [0.2, 0.25) is 11.9 Å². The molecule has 0 fully saturated rings. The van der Waals surface area contributed by atoms with Gasteiger partial charge >= 0.3 is 11.9 Å². The van der Waals surface area contributed by atoms with Gasteiger partial charge in [0.15, 0.2) is 5.82 Å². The molecule has 0 aliphatic carbocycles. The van der Waals surface area contributed by atoms with Gasteiger partial charge in [0, 0.05) is 16.9 Å². The van der Waals surface area contributed by atoms with Crippen molar-refractivity contribution < 1.29 is 23.8 Å². The minimum Gasteiger partial charge on any atom is -0.497 e. The molecule has 0 atom stereocenters. The Balaban J connectivity index is 1.65. The van der Waals surface area contributed by atoms with Crippen LogP contribution in [-0.2, 0) is 9.47 Å². The molecule has 0 amide bonds. The second kappa shape index (κ2) is 11.0. The maximum Gasteiger partial charge on any atom is 0.337 e. The molecule has 0 aliphatic rings. The van der Waals surface area contributed by atoms with Gasteiger partial charge in [0.25, 0.3) is 0 Å². The van der Waals surface area contributed by atoms with Crippen molar-refractivity contribution in [1.82, 2.24) is 15.0 Å². The molecule has 2 N–H and O–H groups in total. The van der Waals surface area contributed by atoms with Crippen LogP contribution in [0, 0.1) is 0 Å². The summed E-state index contributed by atoms with van der Waals surface area (Å²) in [6.45, 7) is 0. The second-order valence-electron chi connectivity index (χ2n) is 7.42. The molecular formula is C26H23N5O5. The van der Waals surface area contributed by atoms with Crippen molar-refractivity contribution in [3.8, 4) is 17.1 Å². The number of methoxy groups -OCH3 is 3. The van der Waals surface area contributed by atoms with Crippen LogP contribution in [0.25, 0.3) is 11.4 Å². The van der Waals surface area contributed by atoms with Gasteiger partial charge in [0.05, 0.1) is 32.5 Å². The Kier molecular flexibility index (Phi) is 7.35. The molecule has 182 valence electrons. The predicted octanol–water partition coefficient (Wildman–Crippen LogP) is 4.61. The molecule has 1 aromatic heterocycles. The van der Waals surface area contributed by atoms with Crippen LogP contribution in [0.15, 0.2) is 72.8 Å². The number of hydrogen-bond donors (Lipinski definition) is 2. The fourth-order valence-corrected chi connectivity index (χ4v) is 3.23. The van der Waals surface area contributed by atoms with E-state index in [1.165, 1.54) is 14.2 Å². The third-order valence-electron chi connectivity index (χ3n) is 5.11. The zero-order valence-electron chi connectivity index (χ0n) is 19.8. The van der Waals surface area contributed by atoms with Crippen molar-refractivity contribution in [2.45, 2.75) is 0 Å². The zero-order valence-corrected chi connectivity index (χ0v) is 19.8. The van der Waals surface area contributed by atoms with Gasteiger partial charge in [0.1, 0.15) is 5.75 Å². The summed E-state index contributed by atoms with van der Waals surface area (Å²) in [5.74, 6) is 0.864. The van der Waals surface area contributed by atoms with Gasteiger partial charge in [-0.05, 0) is 72.8 Å². The van der Waals surface area contributed by atoms with Crippen molar-refractivity contribution in [3.05, 3.63) is 83.9 Å². The van der Waals surface area contributed by atoms with Crippen LogP contribution in [-0.4, -0.2) is 48.2 Å². The molecule has 0 aliphatic heterocycles. The molecule has 0 unspecified atom stereocenters. The lowest BCUT2D eigenvalue weighted by Gasteiger charge is -2.11. The predicted molar refractivity (Wildman–Crippen MR) is 134 cm³/mol. The maximum absolute atomic E-state index is 11.7. The molecular weight excluding hydrogens is 462 g/mol. The largest absolute Gasteiger partial charge is 0.497 e. The number of ether oxygens (including phenoxy) is 3. The summed E-state index contributed by atoms with van der Waals surface area (Å²) in [5, 5.41) is 6.28. The van der Waals surface area contributed by atoms with Crippen molar-refractivity contribution in [2.24, 2.45) is 0 Å². The Morgan fingerprint density at radius 1 is 0.611 bits per heavy atom. The standard InChI is InChI=1S/C26H23N5O5/c1-34-21-14-8-16(9-15-21)22-29-25(27-19-10-4-17(5-11-19)23(32)35-2)31-26(30-22)28-20-12-6-18(7-13-20)24(33)36-3/h4-15H,1-3H3,(H2,27,28,29,30,31). The van der Waals surface area contributed by atoms with Crippen LogP contribution >= 0.6 is 0 Å². The molecule has 1 heterocycles. The first-order chi connectivity index (χ1) is 17.5. The van der Waals surface area contributed by atoms with Crippen LogP contribution in [0.4, 0.5) is 23.3 Å². The Hall–Kier alpha value is -4.99. The number of nitrogens with one attached hydrogen (secondary N) is 2. The van der Waals surface area contributed by atoms with E-state index in [-0.39, 0.29) is 11.9 Å². The molecule has 3 aromatic carbocycles. The summed E-state index contributed by atoms with van der Waals surface area (Å²) in [6.07, 6.45) is 0. The van der Waals surface area contributed by atoms with Crippen molar-refractivity contribution in [1.29, 1.82) is 0 Å². The Morgan fingerprint density at radius 3 is 1.44 bits per heavy atom. The van der Waals surface area contributed by atoms with Crippen LogP contribution in [0.3, 0.4) is 0 Å². The number of benzene rings is 3. The van der Waals surface area contributed by atoms with Crippen LogP contribution in [0.1, 0.15) is 20.7 Å². The van der Waals surface area contributed by atoms with E-state index in [0.717, 1.165) is 5.56 Å². The molecule has 10 nitrogen and oxygen atoms in total. The summed E-state index contributed by atoms with van der Waals surface area (Å²) in [6, 6.07) is 20.8. The van der Waals surface area contributed by atoms with E-state index >= 15 is 0 Å². The molecule has 4 aromatic rings. The summed E-state index contributed by atoms with van der Waals surface area (Å²) >= 11 is 0. The highest BCUT2D eigenvalue weighted by Crippen LogP contribution is 2.24. The van der Waals surface area contributed by atoms with Crippen molar-refractivity contribution >= 4 is 35.2 Å². The monoisotopic (exact) mass is 485 g/mol. The average Bonchev–Trinajstić information content (AvgIpc) is 2.93. The van der Waals surface area contributed by atoms with Gasteiger partial charge in [-0.2, -0.15) is 15.0 Å². The third kappa shape index (κ3) is 5.73. The summed E-state index contributed by atoms with van der Waals surface area (Å²) in [5.41, 5.74) is 2.95. The topological polar surface area (TPSA) is 125 Å². The molecule has 0 saturated heterocycles. The van der Waals surface area contributed by atoms with Crippen LogP contribution in [0.2, 0.25) is 0 Å². The first-order valence-electron chi connectivity index (χ1n) is 10.8.